The van der Waals surface area contributed by atoms with Crippen molar-refractivity contribution in [3.05, 3.63) is 34.7 Å². The fraction of sp³-hybridized carbons (Fsp3) is 0.400. The van der Waals surface area contributed by atoms with Gasteiger partial charge in [0.15, 0.2) is 0 Å². The van der Waals surface area contributed by atoms with Crippen LogP contribution < -0.4 is 0 Å². The van der Waals surface area contributed by atoms with Crippen molar-refractivity contribution in [2.24, 2.45) is 5.92 Å². The Morgan fingerprint density at radius 2 is 1.95 bits per heavy atom. The third kappa shape index (κ3) is 2.08. The predicted octanol–water partition coefficient (Wildman–Crippen LogP) is 5.00. The van der Waals surface area contributed by atoms with Crippen molar-refractivity contribution in [1.82, 2.24) is 0 Å². The van der Waals surface area contributed by atoms with Gasteiger partial charge in [0.2, 0.25) is 0 Å². The molecule has 1 aromatic rings. The van der Waals surface area contributed by atoms with E-state index in [1.807, 2.05) is 0 Å². The Morgan fingerprint density at radius 1 is 1.29 bits per heavy atom. The highest BCUT2D eigenvalue weighted by Crippen LogP contribution is 2.79. The summed E-state index contributed by atoms with van der Waals surface area (Å²) in [5.41, 5.74) is -4.07. The monoisotopic (exact) mass is 316 g/mol. The lowest BCUT2D eigenvalue weighted by molar-refractivity contribution is -0.132. The number of alkyl halides is 3. The average molecular weight is 316 g/mol. The molecule has 1 atom stereocenters. The quantitative estimate of drug-likeness (QED) is 0.767. The van der Waals surface area contributed by atoms with E-state index in [2.05, 4.69) is 0 Å². The molecule has 1 aromatic carbocycles. The molecular formula is C15H15F3O2S. The maximum atomic E-state index is 13.9. The van der Waals surface area contributed by atoms with Crippen LogP contribution in [0.5, 0.6) is 0 Å². The van der Waals surface area contributed by atoms with Crippen LogP contribution in [0.1, 0.15) is 31.7 Å². The average Bonchev–Trinajstić information content (AvgIpc) is 2.62. The number of halogens is 3. The first kappa shape index (κ1) is 14.5. The summed E-state index contributed by atoms with van der Waals surface area (Å²) in [5.74, 6) is -1.02. The zero-order valence-electron chi connectivity index (χ0n) is 11.4. The topological polar surface area (TPSA) is 26.3 Å². The lowest BCUT2D eigenvalue weighted by Crippen LogP contribution is -2.29. The summed E-state index contributed by atoms with van der Waals surface area (Å²) in [7, 11) is -3.73. The first-order chi connectivity index (χ1) is 9.86. The van der Waals surface area contributed by atoms with Crippen LogP contribution in [0.4, 0.5) is 13.2 Å². The molecule has 0 saturated heterocycles. The van der Waals surface area contributed by atoms with Crippen LogP contribution in [0, 0.1) is 5.92 Å². The Kier molecular flexibility index (Phi) is 3.31. The van der Waals surface area contributed by atoms with Gasteiger partial charge in [-0.3, -0.25) is 4.79 Å². The number of rotatable bonds is 2. The zero-order chi connectivity index (χ0) is 15.3. The highest BCUT2D eigenvalue weighted by Gasteiger charge is 2.61. The largest absolute Gasteiger partial charge is 0.464 e. The first-order valence-electron chi connectivity index (χ1n) is 6.76. The molecular weight excluding hydrogens is 301 g/mol. The Morgan fingerprint density at radius 3 is 2.48 bits per heavy atom. The molecule has 1 fully saturated rings. The van der Waals surface area contributed by atoms with Crippen molar-refractivity contribution in [2.75, 3.05) is 0 Å². The molecule has 0 spiro atoms. The molecule has 1 aliphatic carbocycles. The van der Waals surface area contributed by atoms with E-state index in [0.29, 0.717) is 5.56 Å². The van der Waals surface area contributed by atoms with Crippen LogP contribution in [0.3, 0.4) is 0 Å². The molecule has 1 aliphatic heterocycles. The second-order valence-corrected chi connectivity index (χ2v) is 7.94. The van der Waals surface area contributed by atoms with Crippen molar-refractivity contribution in [3.63, 3.8) is 0 Å². The molecule has 1 unspecified atom stereocenters. The van der Waals surface area contributed by atoms with Gasteiger partial charge >= 0.3 is 11.5 Å². The summed E-state index contributed by atoms with van der Waals surface area (Å²) in [4.78, 5) is 11.8. The minimum absolute atomic E-state index is 0.106. The van der Waals surface area contributed by atoms with Crippen LogP contribution in [0.15, 0.2) is 34.1 Å². The highest BCUT2D eigenvalue weighted by atomic mass is 32.3. The molecule has 2 aliphatic rings. The van der Waals surface area contributed by atoms with Crippen LogP contribution in [-0.4, -0.2) is 11.5 Å². The minimum atomic E-state index is -4.59. The van der Waals surface area contributed by atoms with Crippen LogP contribution in [0.25, 0.3) is 6.08 Å². The Labute approximate surface area is 122 Å². The van der Waals surface area contributed by atoms with Gasteiger partial charge in [-0.05, 0) is 36.5 Å². The van der Waals surface area contributed by atoms with Crippen molar-refractivity contribution in [2.45, 2.75) is 36.6 Å². The summed E-state index contributed by atoms with van der Waals surface area (Å²) in [5, 5.41) is 0. The number of hydrogen-bond acceptors (Lipinski definition) is 2. The molecule has 0 radical (unpaired) electrons. The highest BCUT2D eigenvalue weighted by molar-refractivity contribution is 8.34. The summed E-state index contributed by atoms with van der Waals surface area (Å²) < 4.78 is 46.8. The van der Waals surface area contributed by atoms with Crippen molar-refractivity contribution in [3.8, 4) is 0 Å². The maximum Gasteiger partial charge on any atom is 0.464 e. The van der Waals surface area contributed by atoms with E-state index >= 15 is 0 Å². The fourth-order valence-electron chi connectivity index (χ4n) is 2.84. The standard InChI is InChI=1S/C15H15F3O2S/c1-10(19)20-21(15(16,17)18)13-8-3-2-5-12(13)9-14(21)11-6-4-7-11/h2-3,5,8-9,11H,4,6-7H2,1H3. The molecule has 0 amide bonds. The van der Waals surface area contributed by atoms with Gasteiger partial charge in [0.25, 0.3) is 0 Å². The summed E-state index contributed by atoms with van der Waals surface area (Å²) in [6.07, 6.45) is 3.97. The molecule has 0 N–H and O–H groups in total. The fourth-order valence-corrected chi connectivity index (χ4v) is 5.97. The van der Waals surface area contributed by atoms with Gasteiger partial charge in [-0.2, -0.15) is 13.2 Å². The second-order valence-electron chi connectivity index (χ2n) is 5.29. The molecule has 0 bridgehead atoms. The van der Waals surface area contributed by atoms with E-state index in [0.717, 1.165) is 26.2 Å². The number of hydrogen-bond donors (Lipinski definition) is 0. The second kappa shape index (κ2) is 4.80. The van der Waals surface area contributed by atoms with E-state index < -0.39 is 21.8 Å². The lowest BCUT2D eigenvalue weighted by atomic mass is 9.85. The molecule has 3 rings (SSSR count). The van der Waals surface area contributed by atoms with Crippen molar-refractivity contribution < 1.29 is 22.1 Å². The van der Waals surface area contributed by atoms with Crippen LogP contribution >= 0.6 is 10.3 Å². The third-order valence-electron chi connectivity index (χ3n) is 3.93. The molecule has 0 aromatic heterocycles. The summed E-state index contributed by atoms with van der Waals surface area (Å²) >= 11 is 0. The summed E-state index contributed by atoms with van der Waals surface area (Å²) in [6, 6.07) is 6.35. The van der Waals surface area contributed by atoms with Gasteiger partial charge in [0, 0.05) is 16.7 Å². The lowest BCUT2D eigenvalue weighted by Gasteiger charge is -2.43. The zero-order valence-corrected chi connectivity index (χ0v) is 12.3. The number of benzene rings is 1. The Balaban J connectivity index is 2.21. The van der Waals surface area contributed by atoms with Crippen molar-refractivity contribution in [1.29, 1.82) is 0 Å². The van der Waals surface area contributed by atoms with E-state index in [4.69, 9.17) is 4.18 Å². The van der Waals surface area contributed by atoms with E-state index in [1.165, 1.54) is 6.07 Å². The summed E-state index contributed by atoms with van der Waals surface area (Å²) in [6.45, 7) is 1.04. The molecule has 1 saturated carbocycles. The Bertz CT molecular complexity index is 620. The van der Waals surface area contributed by atoms with Crippen LogP contribution in [0.2, 0.25) is 0 Å². The molecule has 114 valence electrons. The smallest absolute Gasteiger partial charge is 0.399 e. The van der Waals surface area contributed by atoms with Gasteiger partial charge in [0.1, 0.15) is 0 Å². The van der Waals surface area contributed by atoms with Crippen molar-refractivity contribution >= 4 is 22.4 Å². The van der Waals surface area contributed by atoms with Gasteiger partial charge in [-0.15, -0.1) is 0 Å². The number of fused-ring (bicyclic) bond motifs is 1. The van der Waals surface area contributed by atoms with Gasteiger partial charge < -0.3 is 4.18 Å². The SMILES string of the molecule is CC(=O)OS1(C(F)(F)F)C(C2CCC2)=Cc2ccccc21. The molecule has 1 heterocycles. The first-order valence-corrected chi connectivity index (χ1v) is 8.32. The Hall–Kier alpha value is -1.43. The van der Waals surface area contributed by atoms with Gasteiger partial charge in [-0.25, -0.2) is 0 Å². The van der Waals surface area contributed by atoms with Gasteiger partial charge in [-0.1, -0.05) is 24.6 Å². The van der Waals surface area contributed by atoms with E-state index in [-0.39, 0.29) is 15.7 Å². The number of allylic oxidation sites excluding steroid dienone is 1. The van der Waals surface area contributed by atoms with Crippen LogP contribution in [-0.2, 0) is 8.98 Å². The molecule has 6 heteroatoms. The minimum Gasteiger partial charge on any atom is -0.399 e. The maximum absolute atomic E-state index is 13.9. The predicted molar refractivity (Wildman–Crippen MR) is 75.4 cm³/mol. The normalized spacial score (nSPS) is 28.1. The molecule has 21 heavy (non-hydrogen) atoms. The third-order valence-corrected chi connectivity index (χ3v) is 7.18. The van der Waals surface area contributed by atoms with E-state index in [1.54, 1.807) is 24.3 Å². The number of carbonyl (C=O) groups excluding carboxylic acids is 1. The number of carbonyl (C=O) groups is 1. The van der Waals surface area contributed by atoms with E-state index in [9.17, 15) is 18.0 Å². The molecule has 2 nitrogen and oxygen atoms in total. The van der Waals surface area contributed by atoms with Gasteiger partial charge in [0.05, 0.1) is 10.3 Å².